The maximum absolute atomic E-state index is 10.4. The summed E-state index contributed by atoms with van der Waals surface area (Å²) >= 11 is 0. The van der Waals surface area contributed by atoms with E-state index in [2.05, 4.69) is 109 Å². The molecule has 184 valence electrons. The average Bonchev–Trinajstić information content (AvgIpc) is 2.94. The number of aromatic hydroxyl groups is 1. The molecule has 0 aliphatic heterocycles. The van der Waals surface area contributed by atoms with E-state index in [1.165, 1.54) is 22.3 Å². The third-order valence-corrected chi connectivity index (χ3v) is 8.03. The van der Waals surface area contributed by atoms with Crippen LogP contribution in [0, 0.1) is 0 Å². The Hall–Kier alpha value is -3.36. The molecule has 4 aromatic rings. The van der Waals surface area contributed by atoms with Gasteiger partial charge in [0.05, 0.1) is 0 Å². The van der Waals surface area contributed by atoms with E-state index in [-0.39, 0.29) is 5.41 Å². The summed E-state index contributed by atoms with van der Waals surface area (Å²) in [6.07, 6.45) is 5.21. The van der Waals surface area contributed by atoms with E-state index in [4.69, 9.17) is 0 Å². The van der Waals surface area contributed by atoms with Crippen LogP contribution in [-0.4, -0.2) is 29.1 Å². The van der Waals surface area contributed by atoms with E-state index < -0.39 is 0 Å². The molecule has 0 radical (unpaired) electrons. The standard InChI is InChI=1S/C34H37NO/c1-2-24-35(31-21-22-32-27(26-31)13-12-20-33(32)36)25-23-34(28-14-6-3-7-15-28,29-16-8-4-9-17-29)30-18-10-5-11-19-30/h3-20,31,36H,2,21-26H2,1H3. The molecular formula is C34H37NO. The van der Waals surface area contributed by atoms with Crippen molar-refractivity contribution in [2.45, 2.75) is 50.5 Å². The van der Waals surface area contributed by atoms with Gasteiger partial charge in [-0.05, 0) is 79.1 Å². The molecule has 1 N–H and O–H groups in total. The third-order valence-electron chi connectivity index (χ3n) is 8.03. The number of nitrogens with zero attached hydrogens (tertiary/aromatic N) is 1. The van der Waals surface area contributed by atoms with Crippen molar-refractivity contribution >= 4 is 0 Å². The van der Waals surface area contributed by atoms with Crippen LogP contribution in [-0.2, 0) is 18.3 Å². The first kappa shape index (κ1) is 24.3. The van der Waals surface area contributed by atoms with Crippen LogP contribution in [0.15, 0.2) is 109 Å². The second-order valence-electron chi connectivity index (χ2n) is 10.1. The zero-order valence-corrected chi connectivity index (χ0v) is 21.3. The summed E-state index contributed by atoms with van der Waals surface area (Å²) in [6.45, 7) is 4.40. The molecule has 0 aromatic heterocycles. The van der Waals surface area contributed by atoms with E-state index in [0.717, 1.165) is 50.8 Å². The van der Waals surface area contributed by atoms with Crippen LogP contribution < -0.4 is 0 Å². The van der Waals surface area contributed by atoms with Gasteiger partial charge in [-0.15, -0.1) is 0 Å². The fourth-order valence-electron chi connectivity index (χ4n) is 6.26. The number of hydrogen-bond acceptors (Lipinski definition) is 2. The number of phenols is 1. The Kier molecular flexibility index (Phi) is 7.53. The van der Waals surface area contributed by atoms with Crippen molar-refractivity contribution in [3.05, 3.63) is 137 Å². The summed E-state index contributed by atoms with van der Waals surface area (Å²) in [4.78, 5) is 2.72. The van der Waals surface area contributed by atoms with Crippen molar-refractivity contribution in [2.75, 3.05) is 13.1 Å². The lowest BCUT2D eigenvalue weighted by Crippen LogP contribution is -2.43. The summed E-state index contributed by atoms with van der Waals surface area (Å²) in [5.41, 5.74) is 6.28. The highest BCUT2D eigenvalue weighted by atomic mass is 16.3. The Labute approximate surface area is 216 Å². The molecule has 0 saturated heterocycles. The second kappa shape index (κ2) is 11.1. The van der Waals surface area contributed by atoms with Crippen LogP contribution >= 0.6 is 0 Å². The first-order valence-electron chi connectivity index (χ1n) is 13.4. The van der Waals surface area contributed by atoms with E-state index in [1.807, 2.05) is 12.1 Å². The Bertz CT molecular complexity index is 1140. The topological polar surface area (TPSA) is 23.5 Å². The monoisotopic (exact) mass is 475 g/mol. The molecule has 1 aliphatic carbocycles. The molecule has 1 unspecified atom stereocenters. The minimum Gasteiger partial charge on any atom is -0.508 e. The smallest absolute Gasteiger partial charge is 0.119 e. The third kappa shape index (κ3) is 4.83. The minimum absolute atomic E-state index is 0.222. The SMILES string of the molecule is CCCN(CCC(c1ccccc1)(c1ccccc1)c1ccccc1)C1CCc2c(O)cccc2C1. The van der Waals surface area contributed by atoms with Gasteiger partial charge in [0.2, 0.25) is 0 Å². The van der Waals surface area contributed by atoms with Gasteiger partial charge in [-0.3, -0.25) is 0 Å². The molecule has 2 nitrogen and oxygen atoms in total. The van der Waals surface area contributed by atoms with Crippen molar-refractivity contribution < 1.29 is 5.11 Å². The Balaban J connectivity index is 1.52. The van der Waals surface area contributed by atoms with Crippen LogP contribution in [0.25, 0.3) is 0 Å². The van der Waals surface area contributed by atoms with Gasteiger partial charge in [-0.25, -0.2) is 0 Å². The molecule has 4 aromatic carbocycles. The maximum atomic E-state index is 10.4. The van der Waals surface area contributed by atoms with E-state index in [9.17, 15) is 5.11 Å². The Morgan fingerprint density at radius 2 is 1.28 bits per heavy atom. The largest absolute Gasteiger partial charge is 0.508 e. The fourth-order valence-corrected chi connectivity index (χ4v) is 6.26. The van der Waals surface area contributed by atoms with Gasteiger partial charge in [-0.1, -0.05) is 110 Å². The lowest BCUT2D eigenvalue weighted by Gasteiger charge is -2.41. The predicted octanol–water partition coefficient (Wildman–Crippen LogP) is 7.39. The van der Waals surface area contributed by atoms with Gasteiger partial charge in [0, 0.05) is 11.5 Å². The molecule has 0 saturated carbocycles. The normalized spacial score (nSPS) is 15.6. The van der Waals surface area contributed by atoms with E-state index >= 15 is 0 Å². The van der Waals surface area contributed by atoms with Crippen molar-refractivity contribution in [2.24, 2.45) is 0 Å². The van der Waals surface area contributed by atoms with E-state index in [0.29, 0.717) is 11.8 Å². The lowest BCUT2D eigenvalue weighted by molar-refractivity contribution is 0.169. The number of benzene rings is 4. The summed E-state index contributed by atoms with van der Waals surface area (Å²) in [7, 11) is 0. The predicted molar refractivity (Wildman–Crippen MR) is 150 cm³/mol. The van der Waals surface area contributed by atoms with Gasteiger partial charge in [-0.2, -0.15) is 0 Å². The van der Waals surface area contributed by atoms with Gasteiger partial charge in [0.15, 0.2) is 0 Å². The molecule has 0 heterocycles. The number of phenolic OH excluding ortho intramolecular Hbond substituents is 1. The molecule has 0 bridgehead atoms. The highest BCUT2D eigenvalue weighted by molar-refractivity contribution is 5.50. The van der Waals surface area contributed by atoms with Crippen LogP contribution in [0.1, 0.15) is 54.0 Å². The van der Waals surface area contributed by atoms with Gasteiger partial charge >= 0.3 is 0 Å². The summed E-state index contributed by atoms with van der Waals surface area (Å²) in [5, 5.41) is 10.4. The molecule has 2 heteroatoms. The number of rotatable bonds is 9. The van der Waals surface area contributed by atoms with Crippen molar-refractivity contribution in [1.82, 2.24) is 4.90 Å². The highest BCUT2D eigenvalue weighted by Crippen LogP contribution is 2.42. The average molecular weight is 476 g/mol. The minimum atomic E-state index is -0.222. The summed E-state index contributed by atoms with van der Waals surface area (Å²) in [6, 6.07) is 39.7. The molecular weight excluding hydrogens is 438 g/mol. The first-order valence-corrected chi connectivity index (χ1v) is 13.4. The zero-order chi connectivity index (χ0) is 24.8. The van der Waals surface area contributed by atoms with Gasteiger partial charge < -0.3 is 10.0 Å². The summed E-state index contributed by atoms with van der Waals surface area (Å²) < 4.78 is 0. The molecule has 36 heavy (non-hydrogen) atoms. The molecule has 5 rings (SSSR count). The highest BCUT2D eigenvalue weighted by Gasteiger charge is 2.37. The fraction of sp³-hybridized carbons (Fsp3) is 0.294. The molecule has 1 atom stereocenters. The summed E-state index contributed by atoms with van der Waals surface area (Å²) in [5.74, 6) is 0.462. The van der Waals surface area contributed by atoms with Crippen LogP contribution in [0.2, 0.25) is 0 Å². The molecule has 0 spiro atoms. The van der Waals surface area contributed by atoms with Crippen LogP contribution in [0.3, 0.4) is 0 Å². The second-order valence-corrected chi connectivity index (χ2v) is 10.1. The number of hydrogen-bond donors (Lipinski definition) is 1. The van der Waals surface area contributed by atoms with Crippen molar-refractivity contribution in [1.29, 1.82) is 0 Å². The lowest BCUT2D eigenvalue weighted by atomic mass is 9.67. The maximum Gasteiger partial charge on any atom is 0.119 e. The molecule has 1 aliphatic rings. The Morgan fingerprint density at radius 3 is 1.81 bits per heavy atom. The van der Waals surface area contributed by atoms with E-state index in [1.54, 1.807) is 0 Å². The van der Waals surface area contributed by atoms with Crippen LogP contribution in [0.4, 0.5) is 0 Å². The number of fused-ring (bicyclic) bond motifs is 1. The first-order chi connectivity index (χ1) is 17.7. The molecule has 0 amide bonds. The van der Waals surface area contributed by atoms with Crippen molar-refractivity contribution in [3.8, 4) is 5.75 Å². The van der Waals surface area contributed by atoms with Gasteiger partial charge in [0.1, 0.15) is 5.75 Å². The molecule has 0 fully saturated rings. The quantitative estimate of drug-likeness (QED) is 0.255. The van der Waals surface area contributed by atoms with Crippen LogP contribution in [0.5, 0.6) is 5.75 Å². The van der Waals surface area contributed by atoms with Gasteiger partial charge in [0.25, 0.3) is 0 Å². The zero-order valence-electron chi connectivity index (χ0n) is 21.3. The Morgan fingerprint density at radius 1 is 0.722 bits per heavy atom. The van der Waals surface area contributed by atoms with Crippen molar-refractivity contribution in [3.63, 3.8) is 0 Å².